The normalized spacial score (nSPS) is 11.9. The summed E-state index contributed by atoms with van der Waals surface area (Å²) in [6.07, 6.45) is -4.40. The Morgan fingerprint density at radius 3 is 2.10 bits per heavy atom. The van der Waals surface area contributed by atoms with E-state index in [0.717, 1.165) is 12.1 Å². The highest BCUT2D eigenvalue weighted by Crippen LogP contribution is 2.29. The van der Waals surface area contributed by atoms with Crippen molar-refractivity contribution in [3.05, 3.63) is 17.8 Å². The van der Waals surface area contributed by atoms with E-state index in [1.54, 1.807) is 4.98 Å². The SMILES string of the molecule is Oc1ccc(C(F)(F)F)[nH]1. The van der Waals surface area contributed by atoms with Gasteiger partial charge in [0.05, 0.1) is 0 Å². The maximum atomic E-state index is 11.7. The lowest BCUT2D eigenvalue weighted by molar-refractivity contribution is -0.140. The molecule has 2 nitrogen and oxygen atoms in total. The monoisotopic (exact) mass is 151 g/mol. The van der Waals surface area contributed by atoms with Crippen molar-refractivity contribution in [3.63, 3.8) is 0 Å². The average Bonchev–Trinajstić information content (AvgIpc) is 2.11. The second kappa shape index (κ2) is 1.93. The van der Waals surface area contributed by atoms with Crippen molar-refractivity contribution in [2.45, 2.75) is 6.18 Å². The van der Waals surface area contributed by atoms with Gasteiger partial charge in [0.25, 0.3) is 0 Å². The Kier molecular flexibility index (Phi) is 1.35. The summed E-state index contributed by atoms with van der Waals surface area (Å²) in [6, 6.07) is 1.72. The van der Waals surface area contributed by atoms with Gasteiger partial charge in [0.1, 0.15) is 5.69 Å². The van der Waals surface area contributed by atoms with Crippen LogP contribution in [0.25, 0.3) is 0 Å². The first kappa shape index (κ1) is 6.98. The smallest absolute Gasteiger partial charge is 0.431 e. The summed E-state index contributed by atoms with van der Waals surface area (Å²) in [6.45, 7) is 0. The molecule has 0 aromatic carbocycles. The molecule has 2 N–H and O–H groups in total. The molecule has 0 radical (unpaired) electrons. The molecule has 0 aliphatic rings. The second-order valence-electron chi connectivity index (χ2n) is 1.76. The van der Waals surface area contributed by atoms with Gasteiger partial charge in [-0.15, -0.1) is 0 Å². The summed E-state index contributed by atoms with van der Waals surface area (Å²) >= 11 is 0. The van der Waals surface area contributed by atoms with E-state index < -0.39 is 17.8 Å². The topological polar surface area (TPSA) is 36.0 Å². The molecule has 0 aliphatic heterocycles. The number of rotatable bonds is 0. The Morgan fingerprint density at radius 1 is 1.30 bits per heavy atom. The molecule has 0 amide bonds. The van der Waals surface area contributed by atoms with Crippen LogP contribution in [0.1, 0.15) is 5.69 Å². The first-order valence-electron chi connectivity index (χ1n) is 2.45. The maximum absolute atomic E-state index is 11.7. The van der Waals surface area contributed by atoms with Crippen LogP contribution < -0.4 is 0 Å². The number of aromatic nitrogens is 1. The highest BCUT2D eigenvalue weighted by atomic mass is 19.4. The van der Waals surface area contributed by atoms with Crippen molar-refractivity contribution in [3.8, 4) is 5.88 Å². The zero-order chi connectivity index (χ0) is 7.78. The standard InChI is InChI=1S/C5H4F3NO/c6-5(7,8)3-1-2-4(10)9-3/h1-2,9-10H. The zero-order valence-electron chi connectivity index (χ0n) is 4.74. The number of hydrogen-bond donors (Lipinski definition) is 2. The summed E-state index contributed by atoms with van der Waals surface area (Å²) in [5.41, 5.74) is -0.940. The third-order valence-electron chi connectivity index (χ3n) is 0.976. The molecular formula is C5H4F3NO. The van der Waals surface area contributed by atoms with Crippen molar-refractivity contribution in [2.75, 3.05) is 0 Å². The van der Waals surface area contributed by atoms with E-state index >= 15 is 0 Å². The van der Waals surface area contributed by atoms with Crippen molar-refractivity contribution < 1.29 is 18.3 Å². The Balaban J connectivity index is 2.96. The van der Waals surface area contributed by atoms with Gasteiger partial charge in [-0.2, -0.15) is 13.2 Å². The molecule has 5 heteroatoms. The third-order valence-corrected chi connectivity index (χ3v) is 0.976. The minimum atomic E-state index is -4.40. The van der Waals surface area contributed by atoms with E-state index in [0.29, 0.717) is 0 Å². The first-order chi connectivity index (χ1) is 4.50. The number of aromatic hydroxyl groups is 1. The number of H-pyrrole nitrogens is 1. The van der Waals surface area contributed by atoms with E-state index in [1.807, 2.05) is 0 Å². The molecule has 56 valence electrons. The quantitative estimate of drug-likeness (QED) is 0.582. The average molecular weight is 151 g/mol. The van der Waals surface area contributed by atoms with Gasteiger partial charge in [0, 0.05) is 6.07 Å². The summed E-state index contributed by atoms with van der Waals surface area (Å²) in [5, 5.41) is 8.46. The molecule has 0 bridgehead atoms. The number of nitrogens with one attached hydrogen (secondary N) is 1. The molecular weight excluding hydrogens is 147 g/mol. The molecule has 1 aromatic rings. The molecule has 0 atom stereocenters. The minimum Gasteiger partial charge on any atom is -0.495 e. The summed E-state index contributed by atoms with van der Waals surface area (Å²) in [4.78, 5) is 1.75. The second-order valence-corrected chi connectivity index (χ2v) is 1.76. The van der Waals surface area contributed by atoms with Crippen LogP contribution in [0.4, 0.5) is 13.2 Å². The van der Waals surface area contributed by atoms with Gasteiger partial charge < -0.3 is 10.1 Å². The van der Waals surface area contributed by atoms with Crippen LogP contribution in [-0.4, -0.2) is 10.1 Å². The predicted molar refractivity (Wildman–Crippen MR) is 27.5 cm³/mol. The lowest BCUT2D eigenvalue weighted by Crippen LogP contribution is -2.04. The molecule has 0 saturated carbocycles. The fourth-order valence-electron chi connectivity index (χ4n) is 0.549. The maximum Gasteiger partial charge on any atom is 0.431 e. The van der Waals surface area contributed by atoms with Gasteiger partial charge in [-0.05, 0) is 6.07 Å². The Hall–Kier alpha value is -1.13. The van der Waals surface area contributed by atoms with Crippen LogP contribution in [0.5, 0.6) is 5.88 Å². The predicted octanol–water partition coefficient (Wildman–Crippen LogP) is 1.74. The molecule has 1 rings (SSSR count). The largest absolute Gasteiger partial charge is 0.495 e. The van der Waals surface area contributed by atoms with E-state index in [-0.39, 0.29) is 0 Å². The van der Waals surface area contributed by atoms with Gasteiger partial charge in [-0.3, -0.25) is 0 Å². The Morgan fingerprint density at radius 2 is 1.90 bits per heavy atom. The third kappa shape index (κ3) is 1.23. The Labute approximate surface area is 54.3 Å². The Bertz CT molecular complexity index is 227. The van der Waals surface area contributed by atoms with Gasteiger partial charge in [0.15, 0.2) is 5.88 Å². The van der Waals surface area contributed by atoms with Crippen molar-refractivity contribution >= 4 is 0 Å². The van der Waals surface area contributed by atoms with E-state index in [2.05, 4.69) is 0 Å². The molecule has 0 unspecified atom stereocenters. The molecule has 0 spiro atoms. The van der Waals surface area contributed by atoms with Gasteiger partial charge >= 0.3 is 6.18 Å². The number of aromatic amines is 1. The highest BCUT2D eigenvalue weighted by Gasteiger charge is 2.31. The number of alkyl halides is 3. The van der Waals surface area contributed by atoms with E-state index in [1.165, 1.54) is 0 Å². The molecule has 0 fully saturated rings. The molecule has 1 aromatic heterocycles. The lowest BCUT2D eigenvalue weighted by Gasteiger charge is -2.00. The summed E-state index contributed by atoms with van der Waals surface area (Å²) in [5.74, 6) is -0.479. The van der Waals surface area contributed by atoms with Crippen LogP contribution in [0.15, 0.2) is 12.1 Å². The van der Waals surface area contributed by atoms with Crippen LogP contribution in [0.2, 0.25) is 0 Å². The molecule has 1 heterocycles. The summed E-state index contributed by atoms with van der Waals surface area (Å²) < 4.78 is 35.0. The van der Waals surface area contributed by atoms with Crippen molar-refractivity contribution in [2.24, 2.45) is 0 Å². The lowest BCUT2D eigenvalue weighted by atomic mass is 10.4. The van der Waals surface area contributed by atoms with Gasteiger partial charge in [0.2, 0.25) is 0 Å². The van der Waals surface area contributed by atoms with E-state index in [9.17, 15) is 13.2 Å². The first-order valence-corrected chi connectivity index (χ1v) is 2.45. The zero-order valence-corrected chi connectivity index (χ0v) is 4.74. The fraction of sp³-hybridized carbons (Fsp3) is 0.200. The van der Waals surface area contributed by atoms with Crippen LogP contribution in [0.3, 0.4) is 0 Å². The van der Waals surface area contributed by atoms with Crippen LogP contribution in [-0.2, 0) is 6.18 Å². The molecule has 0 saturated heterocycles. The minimum absolute atomic E-state index is 0.479. The number of hydrogen-bond acceptors (Lipinski definition) is 1. The van der Waals surface area contributed by atoms with Crippen molar-refractivity contribution in [1.29, 1.82) is 0 Å². The van der Waals surface area contributed by atoms with Crippen LogP contribution >= 0.6 is 0 Å². The van der Waals surface area contributed by atoms with Crippen molar-refractivity contribution in [1.82, 2.24) is 4.98 Å². The van der Waals surface area contributed by atoms with Crippen LogP contribution in [0, 0.1) is 0 Å². The fourth-order valence-corrected chi connectivity index (χ4v) is 0.549. The highest BCUT2D eigenvalue weighted by molar-refractivity contribution is 5.18. The molecule has 10 heavy (non-hydrogen) atoms. The molecule has 0 aliphatic carbocycles. The van der Waals surface area contributed by atoms with Gasteiger partial charge in [-0.25, -0.2) is 0 Å². The van der Waals surface area contributed by atoms with E-state index in [4.69, 9.17) is 5.11 Å². The van der Waals surface area contributed by atoms with Gasteiger partial charge in [-0.1, -0.05) is 0 Å². The number of halogens is 3. The summed E-state index contributed by atoms with van der Waals surface area (Å²) in [7, 11) is 0.